The number of methoxy groups -OCH3 is 1. The maximum Gasteiger partial charge on any atom is 0.337 e. The standard InChI is InChI=1S/C13H19NO5/c1-17-7-8-18-5-2-6-19-10-3-4-12(14)11(9-10)13(15)16/h3-4,9H,2,5-8,14H2,1H3,(H,15,16). The van der Waals surface area contributed by atoms with Crippen LogP contribution in [-0.4, -0.2) is 44.6 Å². The van der Waals surface area contributed by atoms with E-state index in [0.29, 0.717) is 32.2 Å². The fraction of sp³-hybridized carbons (Fsp3) is 0.462. The molecule has 0 atom stereocenters. The molecular formula is C13H19NO5. The zero-order chi connectivity index (χ0) is 14.1. The maximum absolute atomic E-state index is 10.9. The third kappa shape index (κ3) is 5.58. The van der Waals surface area contributed by atoms with Gasteiger partial charge < -0.3 is 25.1 Å². The lowest BCUT2D eigenvalue weighted by Crippen LogP contribution is -2.07. The number of hydrogen-bond acceptors (Lipinski definition) is 5. The number of carbonyl (C=O) groups is 1. The van der Waals surface area contributed by atoms with Crippen LogP contribution in [0, 0.1) is 0 Å². The minimum absolute atomic E-state index is 0.0499. The molecule has 0 aliphatic heterocycles. The number of hydrogen-bond donors (Lipinski definition) is 2. The number of benzene rings is 1. The smallest absolute Gasteiger partial charge is 0.337 e. The molecule has 0 amide bonds. The van der Waals surface area contributed by atoms with Crippen molar-refractivity contribution in [1.82, 2.24) is 0 Å². The molecule has 0 aliphatic carbocycles. The van der Waals surface area contributed by atoms with Gasteiger partial charge in [-0.2, -0.15) is 0 Å². The van der Waals surface area contributed by atoms with Gasteiger partial charge in [-0.25, -0.2) is 4.79 Å². The van der Waals surface area contributed by atoms with Crippen LogP contribution in [0.5, 0.6) is 5.75 Å². The number of rotatable bonds is 9. The predicted molar refractivity (Wildman–Crippen MR) is 70.6 cm³/mol. The van der Waals surface area contributed by atoms with Gasteiger partial charge in [0.2, 0.25) is 0 Å². The van der Waals surface area contributed by atoms with Crippen LogP contribution in [0.1, 0.15) is 16.8 Å². The number of anilines is 1. The van der Waals surface area contributed by atoms with Crippen molar-refractivity contribution in [3.8, 4) is 5.75 Å². The first-order valence-corrected chi connectivity index (χ1v) is 5.97. The molecule has 0 aliphatic rings. The van der Waals surface area contributed by atoms with E-state index >= 15 is 0 Å². The lowest BCUT2D eigenvalue weighted by Gasteiger charge is -2.08. The third-order valence-electron chi connectivity index (χ3n) is 2.39. The summed E-state index contributed by atoms with van der Waals surface area (Å²) in [5, 5.41) is 8.91. The summed E-state index contributed by atoms with van der Waals surface area (Å²) in [4.78, 5) is 10.9. The van der Waals surface area contributed by atoms with E-state index in [4.69, 9.17) is 25.1 Å². The normalized spacial score (nSPS) is 10.4. The van der Waals surface area contributed by atoms with Gasteiger partial charge >= 0.3 is 5.97 Å². The summed E-state index contributed by atoms with van der Waals surface area (Å²) in [6.45, 7) is 2.16. The molecule has 0 fully saturated rings. The molecule has 1 aromatic carbocycles. The average molecular weight is 269 g/mol. The maximum atomic E-state index is 10.9. The molecule has 0 saturated carbocycles. The van der Waals surface area contributed by atoms with Gasteiger partial charge in [-0.15, -0.1) is 0 Å². The molecule has 3 N–H and O–H groups in total. The van der Waals surface area contributed by atoms with Crippen molar-refractivity contribution in [2.24, 2.45) is 0 Å². The summed E-state index contributed by atoms with van der Waals surface area (Å²) in [5.41, 5.74) is 5.82. The number of carboxylic acids is 1. The predicted octanol–water partition coefficient (Wildman–Crippen LogP) is 1.40. The van der Waals surface area contributed by atoms with Crippen molar-refractivity contribution in [3.05, 3.63) is 23.8 Å². The molecule has 19 heavy (non-hydrogen) atoms. The van der Waals surface area contributed by atoms with Crippen molar-refractivity contribution in [3.63, 3.8) is 0 Å². The first kappa shape index (κ1) is 15.3. The van der Waals surface area contributed by atoms with Crippen molar-refractivity contribution in [2.45, 2.75) is 6.42 Å². The number of nitrogens with two attached hydrogens (primary N) is 1. The van der Waals surface area contributed by atoms with Crippen molar-refractivity contribution < 1.29 is 24.1 Å². The second-order valence-electron chi connectivity index (χ2n) is 3.86. The highest BCUT2D eigenvalue weighted by atomic mass is 16.5. The summed E-state index contributed by atoms with van der Waals surface area (Å²) in [6, 6.07) is 4.59. The molecule has 0 saturated heterocycles. The van der Waals surface area contributed by atoms with Gasteiger partial charge in [0.15, 0.2) is 0 Å². The summed E-state index contributed by atoms with van der Waals surface area (Å²) >= 11 is 0. The van der Waals surface area contributed by atoms with Crippen molar-refractivity contribution in [2.75, 3.05) is 39.3 Å². The van der Waals surface area contributed by atoms with Crippen LogP contribution < -0.4 is 10.5 Å². The van der Waals surface area contributed by atoms with Gasteiger partial charge in [-0.05, 0) is 18.2 Å². The lowest BCUT2D eigenvalue weighted by atomic mass is 10.2. The fourth-order valence-corrected chi connectivity index (χ4v) is 1.41. The van der Waals surface area contributed by atoms with E-state index in [1.165, 1.54) is 12.1 Å². The Hall–Kier alpha value is -1.79. The van der Waals surface area contributed by atoms with E-state index in [1.807, 2.05) is 0 Å². The molecule has 1 aromatic rings. The van der Waals surface area contributed by atoms with Gasteiger partial charge in [-0.1, -0.05) is 0 Å². The number of carboxylic acid groups (broad SMARTS) is 1. The highest BCUT2D eigenvalue weighted by molar-refractivity contribution is 5.94. The Morgan fingerprint density at radius 2 is 2.05 bits per heavy atom. The van der Waals surface area contributed by atoms with Crippen LogP contribution >= 0.6 is 0 Å². The van der Waals surface area contributed by atoms with Crippen LogP contribution in [0.3, 0.4) is 0 Å². The first-order valence-electron chi connectivity index (χ1n) is 5.97. The van der Waals surface area contributed by atoms with Gasteiger partial charge in [0.05, 0.1) is 25.4 Å². The van der Waals surface area contributed by atoms with Gasteiger partial charge in [-0.3, -0.25) is 0 Å². The monoisotopic (exact) mass is 269 g/mol. The number of aromatic carboxylic acids is 1. The molecule has 0 radical (unpaired) electrons. The first-order chi connectivity index (χ1) is 9.15. The van der Waals surface area contributed by atoms with Crippen LogP contribution in [0.25, 0.3) is 0 Å². The Labute approximate surface area is 112 Å². The second kappa shape index (κ2) is 8.34. The Kier molecular flexibility index (Phi) is 6.70. The molecule has 0 heterocycles. The number of ether oxygens (including phenoxy) is 3. The molecule has 1 rings (SSSR count). The minimum atomic E-state index is -1.06. The van der Waals surface area contributed by atoms with Crippen LogP contribution in [0.15, 0.2) is 18.2 Å². The quantitative estimate of drug-likeness (QED) is 0.520. The van der Waals surface area contributed by atoms with Crippen molar-refractivity contribution in [1.29, 1.82) is 0 Å². The SMILES string of the molecule is COCCOCCCOc1ccc(N)c(C(=O)O)c1. The Morgan fingerprint density at radius 1 is 1.26 bits per heavy atom. The average Bonchev–Trinajstić information content (AvgIpc) is 2.39. The molecule has 6 nitrogen and oxygen atoms in total. The molecule has 6 heteroatoms. The van der Waals surface area contributed by atoms with E-state index in [0.717, 1.165) is 6.42 Å². The summed E-state index contributed by atoms with van der Waals surface area (Å²) < 4.78 is 15.5. The molecule has 0 unspecified atom stereocenters. The Bertz CT molecular complexity index is 408. The third-order valence-corrected chi connectivity index (χ3v) is 2.39. The largest absolute Gasteiger partial charge is 0.493 e. The van der Waals surface area contributed by atoms with Crippen LogP contribution in [0.2, 0.25) is 0 Å². The molecule has 0 bridgehead atoms. The van der Waals surface area contributed by atoms with E-state index in [2.05, 4.69) is 0 Å². The summed E-state index contributed by atoms with van der Waals surface area (Å²) in [5.74, 6) is -0.575. The van der Waals surface area contributed by atoms with Crippen LogP contribution in [0.4, 0.5) is 5.69 Å². The minimum Gasteiger partial charge on any atom is -0.493 e. The Balaban J connectivity index is 2.30. The van der Waals surface area contributed by atoms with Gasteiger partial charge in [0, 0.05) is 25.8 Å². The van der Waals surface area contributed by atoms with E-state index in [1.54, 1.807) is 13.2 Å². The van der Waals surface area contributed by atoms with E-state index in [-0.39, 0.29) is 11.3 Å². The number of nitrogen functional groups attached to an aromatic ring is 1. The summed E-state index contributed by atoms with van der Waals surface area (Å²) in [6.07, 6.45) is 0.719. The van der Waals surface area contributed by atoms with E-state index < -0.39 is 5.97 Å². The molecule has 106 valence electrons. The highest BCUT2D eigenvalue weighted by Crippen LogP contribution is 2.19. The molecule has 0 aromatic heterocycles. The van der Waals surface area contributed by atoms with Crippen molar-refractivity contribution >= 4 is 11.7 Å². The van der Waals surface area contributed by atoms with Gasteiger partial charge in [0.1, 0.15) is 5.75 Å². The molecule has 0 spiro atoms. The molecular weight excluding hydrogens is 250 g/mol. The zero-order valence-corrected chi connectivity index (χ0v) is 10.9. The fourth-order valence-electron chi connectivity index (χ4n) is 1.41. The zero-order valence-electron chi connectivity index (χ0n) is 10.9. The Morgan fingerprint density at radius 3 is 2.74 bits per heavy atom. The summed E-state index contributed by atoms with van der Waals surface area (Å²) in [7, 11) is 1.62. The lowest BCUT2D eigenvalue weighted by molar-refractivity contribution is 0.0643. The highest BCUT2D eigenvalue weighted by Gasteiger charge is 2.08. The topological polar surface area (TPSA) is 91.0 Å². The van der Waals surface area contributed by atoms with E-state index in [9.17, 15) is 4.79 Å². The van der Waals surface area contributed by atoms with Crippen LogP contribution in [-0.2, 0) is 9.47 Å². The second-order valence-corrected chi connectivity index (χ2v) is 3.86. The van der Waals surface area contributed by atoms with Gasteiger partial charge in [0.25, 0.3) is 0 Å².